The van der Waals surface area contributed by atoms with E-state index in [0.29, 0.717) is 11.1 Å². The first-order chi connectivity index (χ1) is 10.4. The van der Waals surface area contributed by atoms with Crippen LogP contribution < -0.4 is 10.9 Å². The van der Waals surface area contributed by atoms with Gasteiger partial charge in [0.1, 0.15) is 5.56 Å². The lowest BCUT2D eigenvalue weighted by Crippen LogP contribution is -2.23. The molecule has 0 aliphatic rings. The third-order valence-corrected chi connectivity index (χ3v) is 3.87. The fraction of sp³-hybridized carbons (Fsp3) is 0.214. The molecule has 116 valence electrons. The first-order valence-electron chi connectivity index (χ1n) is 6.33. The van der Waals surface area contributed by atoms with Gasteiger partial charge in [0.25, 0.3) is 5.56 Å². The average molecular weight is 368 g/mol. The molecule has 2 aromatic rings. The predicted octanol–water partition coefficient (Wildman–Crippen LogP) is 1.56. The van der Waals surface area contributed by atoms with Crippen LogP contribution in [0.25, 0.3) is 0 Å². The summed E-state index contributed by atoms with van der Waals surface area (Å²) in [6.07, 6.45) is 0.808. The van der Waals surface area contributed by atoms with Gasteiger partial charge >= 0.3 is 6.09 Å². The van der Waals surface area contributed by atoms with Crippen LogP contribution >= 0.6 is 15.9 Å². The Labute approximate surface area is 134 Å². The molecular weight excluding hydrogens is 354 g/mol. The molecule has 0 fully saturated rings. The number of nitrogens with one attached hydrogen (secondary N) is 2. The van der Waals surface area contributed by atoms with E-state index < -0.39 is 6.09 Å². The number of hydrogen-bond acceptors (Lipinski definition) is 4. The number of carbonyl (C=O) groups is 2. The maximum atomic E-state index is 12.4. The zero-order chi connectivity index (χ0) is 16.3. The van der Waals surface area contributed by atoms with E-state index in [0.717, 1.165) is 4.47 Å². The van der Waals surface area contributed by atoms with Gasteiger partial charge in [-0.25, -0.2) is 4.79 Å². The first-order valence-corrected chi connectivity index (χ1v) is 7.12. The molecule has 1 amide bonds. The van der Waals surface area contributed by atoms with Gasteiger partial charge in [0.2, 0.25) is 0 Å². The van der Waals surface area contributed by atoms with Crippen molar-refractivity contribution in [1.82, 2.24) is 15.1 Å². The normalized spacial score (nSPS) is 10.3. The number of hydrogen-bond donors (Lipinski definition) is 2. The molecule has 0 saturated carbocycles. The maximum Gasteiger partial charge on any atom is 0.407 e. The SMILES string of the molecule is COC(=O)NCc1cc(C(=O)c2c[nH]n(C)c2=O)ccc1Br. The van der Waals surface area contributed by atoms with Crippen LogP contribution in [0.15, 0.2) is 33.7 Å². The molecule has 22 heavy (non-hydrogen) atoms. The third-order valence-electron chi connectivity index (χ3n) is 3.10. The monoisotopic (exact) mass is 367 g/mol. The Morgan fingerprint density at radius 2 is 2.14 bits per heavy atom. The number of amides is 1. The van der Waals surface area contributed by atoms with Crippen LogP contribution in [0, 0.1) is 0 Å². The number of ether oxygens (including phenoxy) is 1. The molecule has 0 aliphatic heterocycles. The molecule has 2 rings (SSSR count). The highest BCUT2D eigenvalue weighted by atomic mass is 79.9. The number of rotatable bonds is 4. The predicted molar refractivity (Wildman–Crippen MR) is 82.9 cm³/mol. The van der Waals surface area contributed by atoms with Gasteiger partial charge in [-0.1, -0.05) is 15.9 Å². The van der Waals surface area contributed by atoms with E-state index in [-0.39, 0.29) is 23.5 Å². The molecule has 1 aromatic heterocycles. The van der Waals surface area contributed by atoms with Crippen molar-refractivity contribution in [1.29, 1.82) is 0 Å². The van der Waals surface area contributed by atoms with Gasteiger partial charge in [0.15, 0.2) is 5.78 Å². The number of methoxy groups -OCH3 is 1. The smallest absolute Gasteiger partial charge is 0.407 e. The van der Waals surface area contributed by atoms with E-state index in [1.807, 2.05) is 0 Å². The van der Waals surface area contributed by atoms with Crippen molar-refractivity contribution in [2.75, 3.05) is 7.11 Å². The third kappa shape index (κ3) is 3.28. The van der Waals surface area contributed by atoms with Crippen molar-refractivity contribution < 1.29 is 14.3 Å². The topological polar surface area (TPSA) is 93.2 Å². The number of halogens is 1. The van der Waals surface area contributed by atoms with Crippen LogP contribution in [0.4, 0.5) is 4.79 Å². The number of nitrogens with zero attached hydrogens (tertiary/aromatic N) is 1. The molecular formula is C14H14BrN3O4. The van der Waals surface area contributed by atoms with Crippen molar-refractivity contribution >= 4 is 27.8 Å². The van der Waals surface area contributed by atoms with E-state index in [1.54, 1.807) is 18.2 Å². The van der Waals surface area contributed by atoms with E-state index >= 15 is 0 Å². The molecule has 0 atom stereocenters. The highest BCUT2D eigenvalue weighted by molar-refractivity contribution is 9.10. The van der Waals surface area contributed by atoms with Gasteiger partial charge in [-0.05, 0) is 23.8 Å². The van der Waals surface area contributed by atoms with Crippen molar-refractivity contribution in [3.63, 3.8) is 0 Å². The summed E-state index contributed by atoms with van der Waals surface area (Å²) in [5, 5.41) is 5.20. The first kappa shape index (κ1) is 16.0. The minimum Gasteiger partial charge on any atom is -0.453 e. The number of ketones is 1. The van der Waals surface area contributed by atoms with Gasteiger partial charge in [0.05, 0.1) is 7.11 Å². The van der Waals surface area contributed by atoms with Gasteiger partial charge in [0, 0.05) is 29.8 Å². The van der Waals surface area contributed by atoms with Crippen molar-refractivity contribution in [2.45, 2.75) is 6.54 Å². The number of alkyl carbamates (subject to hydrolysis) is 1. The van der Waals surface area contributed by atoms with Crippen molar-refractivity contribution in [2.24, 2.45) is 7.05 Å². The largest absolute Gasteiger partial charge is 0.453 e. The van der Waals surface area contributed by atoms with Crippen LogP contribution in [0.5, 0.6) is 0 Å². The number of aryl methyl sites for hydroxylation is 1. The Balaban J connectivity index is 2.29. The lowest BCUT2D eigenvalue weighted by Gasteiger charge is -2.08. The highest BCUT2D eigenvalue weighted by Crippen LogP contribution is 2.19. The molecule has 1 heterocycles. The molecule has 2 N–H and O–H groups in total. The second kappa shape index (κ2) is 6.61. The standard InChI is InChI=1S/C14H14BrN3O4/c1-18-13(20)10(7-17-18)12(19)8-3-4-11(15)9(5-8)6-16-14(21)22-2/h3-5,7,17H,6H2,1-2H3,(H,16,21). The quantitative estimate of drug-likeness (QED) is 0.802. The highest BCUT2D eigenvalue weighted by Gasteiger charge is 2.16. The molecule has 0 saturated heterocycles. The molecule has 0 bridgehead atoms. The second-order valence-corrected chi connectivity index (χ2v) is 5.39. The van der Waals surface area contributed by atoms with Crippen LogP contribution in [0.2, 0.25) is 0 Å². The molecule has 8 heteroatoms. The summed E-state index contributed by atoms with van der Waals surface area (Å²) in [4.78, 5) is 35.3. The minimum atomic E-state index is -0.567. The van der Waals surface area contributed by atoms with Gasteiger partial charge in [-0.15, -0.1) is 0 Å². The fourth-order valence-electron chi connectivity index (χ4n) is 1.87. The molecule has 7 nitrogen and oxygen atoms in total. The van der Waals surface area contributed by atoms with E-state index in [2.05, 4.69) is 31.1 Å². The summed E-state index contributed by atoms with van der Waals surface area (Å²) in [6.45, 7) is 0.194. The summed E-state index contributed by atoms with van der Waals surface area (Å²) in [5.41, 5.74) is 0.740. The number of carbonyl (C=O) groups excluding carboxylic acids is 2. The Bertz CT molecular complexity index is 779. The number of H-pyrrole nitrogens is 1. The number of aromatic amines is 1. The maximum absolute atomic E-state index is 12.4. The minimum absolute atomic E-state index is 0.0664. The zero-order valence-corrected chi connectivity index (χ0v) is 13.6. The summed E-state index contributed by atoms with van der Waals surface area (Å²) in [6, 6.07) is 4.92. The van der Waals surface area contributed by atoms with Crippen LogP contribution in [0.3, 0.4) is 0 Å². The second-order valence-electron chi connectivity index (χ2n) is 4.53. The lowest BCUT2D eigenvalue weighted by molar-refractivity contribution is 0.103. The lowest BCUT2D eigenvalue weighted by atomic mass is 10.0. The summed E-state index contributed by atoms with van der Waals surface area (Å²) in [7, 11) is 2.80. The van der Waals surface area contributed by atoms with Gasteiger partial charge in [-0.2, -0.15) is 0 Å². The van der Waals surface area contributed by atoms with E-state index in [1.165, 1.54) is 25.0 Å². The number of aromatic nitrogens is 2. The van der Waals surface area contributed by atoms with Crippen LogP contribution in [-0.2, 0) is 18.3 Å². The Kier molecular flexibility index (Phi) is 4.81. The molecule has 0 spiro atoms. The van der Waals surface area contributed by atoms with Crippen molar-refractivity contribution in [3.8, 4) is 0 Å². The van der Waals surface area contributed by atoms with Crippen LogP contribution in [0.1, 0.15) is 21.5 Å². The van der Waals surface area contributed by atoms with Gasteiger partial charge in [-0.3, -0.25) is 14.3 Å². The number of benzene rings is 1. The Hall–Kier alpha value is -2.35. The average Bonchev–Trinajstić information content (AvgIpc) is 2.85. The molecule has 1 aromatic carbocycles. The molecule has 0 unspecified atom stereocenters. The van der Waals surface area contributed by atoms with E-state index in [9.17, 15) is 14.4 Å². The van der Waals surface area contributed by atoms with Crippen molar-refractivity contribution in [3.05, 3.63) is 55.9 Å². The Morgan fingerprint density at radius 1 is 1.41 bits per heavy atom. The summed E-state index contributed by atoms with van der Waals surface area (Å²) in [5.74, 6) is -0.381. The Morgan fingerprint density at radius 3 is 2.73 bits per heavy atom. The summed E-state index contributed by atoms with van der Waals surface area (Å²) < 4.78 is 6.46. The van der Waals surface area contributed by atoms with Gasteiger partial charge < -0.3 is 15.2 Å². The molecule has 0 radical (unpaired) electrons. The molecule has 0 aliphatic carbocycles. The zero-order valence-electron chi connectivity index (χ0n) is 12.0. The summed E-state index contributed by atoms with van der Waals surface area (Å²) >= 11 is 3.35. The van der Waals surface area contributed by atoms with E-state index in [4.69, 9.17) is 0 Å². The fourth-order valence-corrected chi connectivity index (χ4v) is 2.26. The van der Waals surface area contributed by atoms with Crippen LogP contribution in [-0.4, -0.2) is 28.8 Å².